The molecule has 0 aliphatic rings. The van der Waals surface area contributed by atoms with Crippen LogP contribution in [-0.4, -0.2) is 33.1 Å². The average Bonchev–Trinajstić information content (AvgIpc) is 2.55. The summed E-state index contributed by atoms with van der Waals surface area (Å²) in [5.74, 6) is -0.617. The van der Waals surface area contributed by atoms with Crippen molar-refractivity contribution in [1.82, 2.24) is 0 Å². The molecule has 0 bridgehead atoms. The molecule has 128 valence electrons. The third-order valence-electron chi connectivity index (χ3n) is 3.27. The minimum atomic E-state index is -3.94. The van der Waals surface area contributed by atoms with Gasteiger partial charge in [0.1, 0.15) is 5.75 Å². The lowest BCUT2D eigenvalue weighted by Gasteiger charge is -2.24. The zero-order valence-corrected chi connectivity index (χ0v) is 14.4. The first-order chi connectivity index (χ1) is 11.3. The van der Waals surface area contributed by atoms with Crippen LogP contribution < -0.4 is 9.04 Å². The normalized spacial score (nSPS) is 11.1. The quantitative estimate of drug-likeness (QED) is 0.811. The molecule has 0 saturated carbocycles. The number of hydrogen-bond acceptors (Lipinski definition) is 4. The number of hydrogen-bond donors (Lipinski definition) is 1. The number of anilines is 1. The van der Waals surface area contributed by atoms with Gasteiger partial charge in [-0.3, -0.25) is 9.10 Å². The van der Waals surface area contributed by atoms with Gasteiger partial charge in [0.05, 0.1) is 24.1 Å². The second-order valence-corrected chi connectivity index (χ2v) is 7.18. The highest BCUT2D eigenvalue weighted by Crippen LogP contribution is 2.27. The van der Waals surface area contributed by atoms with Gasteiger partial charge < -0.3 is 9.84 Å². The number of aliphatic carboxylic acids is 1. The number of rotatable bonds is 7. The third-order valence-corrected chi connectivity index (χ3v) is 5.37. The maximum absolute atomic E-state index is 12.9. The van der Waals surface area contributed by atoms with Crippen molar-refractivity contribution in [2.75, 3.05) is 18.0 Å². The Morgan fingerprint density at radius 1 is 1.21 bits per heavy atom. The zero-order chi connectivity index (χ0) is 17.7. The van der Waals surface area contributed by atoms with Crippen molar-refractivity contribution in [1.29, 1.82) is 0 Å². The van der Waals surface area contributed by atoms with E-state index in [9.17, 15) is 13.2 Å². The van der Waals surface area contributed by atoms with E-state index in [4.69, 9.17) is 21.4 Å². The monoisotopic (exact) mass is 369 g/mol. The van der Waals surface area contributed by atoms with Crippen LogP contribution in [-0.2, 0) is 14.8 Å². The maximum atomic E-state index is 12.9. The smallest absolute Gasteiger partial charge is 0.305 e. The molecule has 2 aromatic carbocycles. The zero-order valence-electron chi connectivity index (χ0n) is 12.8. The molecule has 0 amide bonds. The maximum Gasteiger partial charge on any atom is 0.305 e. The van der Waals surface area contributed by atoms with Gasteiger partial charge in [-0.2, -0.15) is 0 Å². The molecule has 0 unspecified atom stereocenters. The van der Waals surface area contributed by atoms with Crippen LogP contribution >= 0.6 is 11.6 Å². The Kier molecular flexibility index (Phi) is 5.69. The summed E-state index contributed by atoms with van der Waals surface area (Å²) in [4.78, 5) is 10.9. The minimum absolute atomic E-state index is 0.0279. The summed E-state index contributed by atoms with van der Waals surface area (Å²) in [5.41, 5.74) is 0.325. The molecule has 8 heteroatoms. The molecule has 0 fully saturated rings. The average molecular weight is 370 g/mol. The van der Waals surface area contributed by atoms with Gasteiger partial charge in [-0.05, 0) is 36.4 Å². The van der Waals surface area contributed by atoms with Crippen LogP contribution in [0.3, 0.4) is 0 Å². The van der Waals surface area contributed by atoms with E-state index in [0.29, 0.717) is 16.5 Å². The summed E-state index contributed by atoms with van der Waals surface area (Å²) in [7, 11) is -2.47. The fourth-order valence-electron chi connectivity index (χ4n) is 2.08. The number of sulfonamides is 1. The van der Waals surface area contributed by atoms with Crippen LogP contribution in [0.4, 0.5) is 5.69 Å². The molecule has 2 rings (SSSR count). The Morgan fingerprint density at radius 3 is 2.46 bits per heavy atom. The lowest BCUT2D eigenvalue weighted by molar-refractivity contribution is -0.136. The molecule has 24 heavy (non-hydrogen) atoms. The molecule has 6 nitrogen and oxygen atoms in total. The van der Waals surface area contributed by atoms with E-state index in [-0.39, 0.29) is 17.9 Å². The first-order valence-corrected chi connectivity index (χ1v) is 8.80. The number of ether oxygens (including phenoxy) is 1. The van der Waals surface area contributed by atoms with Gasteiger partial charge >= 0.3 is 5.97 Å². The lowest BCUT2D eigenvalue weighted by atomic mass is 10.3. The third kappa shape index (κ3) is 4.18. The van der Waals surface area contributed by atoms with Crippen LogP contribution in [0.5, 0.6) is 5.75 Å². The molecule has 1 N–H and O–H groups in total. The van der Waals surface area contributed by atoms with Crippen LogP contribution in [0.2, 0.25) is 5.02 Å². The predicted molar refractivity (Wildman–Crippen MR) is 91.2 cm³/mol. The molecule has 2 aromatic rings. The van der Waals surface area contributed by atoms with Gasteiger partial charge in [0.2, 0.25) is 0 Å². The molecule has 0 atom stereocenters. The molecular weight excluding hydrogens is 354 g/mol. The largest absolute Gasteiger partial charge is 0.497 e. The van der Waals surface area contributed by atoms with E-state index in [2.05, 4.69) is 0 Å². The minimum Gasteiger partial charge on any atom is -0.497 e. The van der Waals surface area contributed by atoms with Gasteiger partial charge in [-0.15, -0.1) is 0 Å². The second kappa shape index (κ2) is 7.55. The fraction of sp³-hybridized carbons (Fsp3) is 0.188. The van der Waals surface area contributed by atoms with E-state index >= 15 is 0 Å². The van der Waals surface area contributed by atoms with Crippen molar-refractivity contribution in [3.63, 3.8) is 0 Å². The van der Waals surface area contributed by atoms with Crippen molar-refractivity contribution in [2.24, 2.45) is 0 Å². The molecule has 0 saturated heterocycles. The lowest BCUT2D eigenvalue weighted by Crippen LogP contribution is -2.33. The highest BCUT2D eigenvalue weighted by Gasteiger charge is 2.25. The fourth-order valence-corrected chi connectivity index (χ4v) is 3.67. The summed E-state index contributed by atoms with van der Waals surface area (Å²) >= 11 is 5.80. The number of methoxy groups -OCH3 is 1. The topological polar surface area (TPSA) is 83.9 Å². The Balaban J connectivity index is 2.48. The van der Waals surface area contributed by atoms with Crippen molar-refractivity contribution >= 4 is 33.3 Å². The first-order valence-electron chi connectivity index (χ1n) is 6.99. The predicted octanol–water partition coefficient (Wildman–Crippen LogP) is 3.02. The number of carboxylic acids is 1. The Morgan fingerprint density at radius 2 is 1.88 bits per heavy atom. The van der Waals surface area contributed by atoms with E-state index in [0.717, 1.165) is 4.31 Å². The highest BCUT2D eigenvalue weighted by molar-refractivity contribution is 7.92. The first kappa shape index (κ1) is 18.1. The van der Waals surface area contributed by atoms with Gasteiger partial charge in [0.25, 0.3) is 10.0 Å². The van der Waals surface area contributed by atoms with Crippen LogP contribution in [0.1, 0.15) is 6.42 Å². The molecule has 0 aromatic heterocycles. The molecule has 0 heterocycles. The van der Waals surface area contributed by atoms with Crippen molar-refractivity contribution in [3.05, 3.63) is 53.6 Å². The second-order valence-electron chi connectivity index (χ2n) is 4.88. The Bertz CT molecular complexity index is 821. The summed E-state index contributed by atoms with van der Waals surface area (Å²) in [6.07, 6.45) is -0.329. The van der Waals surface area contributed by atoms with Gasteiger partial charge in [-0.1, -0.05) is 17.7 Å². The Hall–Kier alpha value is -2.25. The number of nitrogens with zero attached hydrogens (tertiary/aromatic N) is 1. The standard InChI is InChI=1S/C16H16ClNO5S/c1-23-14-4-2-3-13(11-14)18(10-9-16(19)20)24(21,22)15-7-5-12(17)6-8-15/h2-8,11H,9-10H2,1H3,(H,19,20). The number of carbonyl (C=O) groups is 1. The van der Waals surface area contributed by atoms with Crippen molar-refractivity contribution in [2.45, 2.75) is 11.3 Å². The summed E-state index contributed by atoms with van der Waals surface area (Å²) in [6, 6.07) is 12.1. The van der Waals surface area contributed by atoms with E-state index in [1.807, 2.05) is 0 Å². The van der Waals surface area contributed by atoms with Crippen molar-refractivity contribution in [3.8, 4) is 5.75 Å². The van der Waals surface area contributed by atoms with Gasteiger partial charge in [0, 0.05) is 17.6 Å². The van der Waals surface area contributed by atoms with Gasteiger partial charge in [-0.25, -0.2) is 8.42 Å². The van der Waals surface area contributed by atoms with Crippen LogP contribution in [0, 0.1) is 0 Å². The van der Waals surface area contributed by atoms with E-state index in [1.165, 1.54) is 37.4 Å². The molecule has 0 radical (unpaired) electrons. The van der Waals surface area contributed by atoms with Crippen LogP contribution in [0.25, 0.3) is 0 Å². The number of benzene rings is 2. The molecule has 0 aliphatic heterocycles. The van der Waals surface area contributed by atoms with E-state index in [1.54, 1.807) is 18.2 Å². The highest BCUT2D eigenvalue weighted by atomic mass is 35.5. The number of carboxylic acid groups (broad SMARTS) is 1. The van der Waals surface area contributed by atoms with E-state index < -0.39 is 16.0 Å². The van der Waals surface area contributed by atoms with Crippen LogP contribution in [0.15, 0.2) is 53.4 Å². The number of halogens is 1. The summed E-state index contributed by atoms with van der Waals surface area (Å²) < 4.78 is 32.0. The summed E-state index contributed by atoms with van der Waals surface area (Å²) in [5, 5.41) is 9.33. The Labute approximate surface area is 145 Å². The SMILES string of the molecule is COc1cccc(N(CCC(=O)O)S(=O)(=O)c2ccc(Cl)cc2)c1. The summed E-state index contributed by atoms with van der Waals surface area (Å²) in [6.45, 7) is -0.201. The molecular formula is C16H16ClNO5S. The molecule has 0 spiro atoms. The molecule has 0 aliphatic carbocycles. The van der Waals surface area contributed by atoms with Crippen molar-refractivity contribution < 1.29 is 23.1 Å². The van der Waals surface area contributed by atoms with Gasteiger partial charge in [0.15, 0.2) is 0 Å².